The Morgan fingerprint density at radius 3 is 1.54 bits per heavy atom. The van der Waals surface area contributed by atoms with E-state index in [-0.39, 0.29) is 47.5 Å². The number of carbonyl (C=O) groups is 3. The summed E-state index contributed by atoms with van der Waals surface area (Å²) in [4.78, 5) is 41.7. The number of ether oxygens (including phenoxy) is 4. The second kappa shape index (κ2) is 18.6. The van der Waals surface area contributed by atoms with Gasteiger partial charge in [0.05, 0.1) is 11.6 Å². The minimum atomic E-state index is -0.608. The minimum absolute atomic E-state index is 0.156. The van der Waals surface area contributed by atoms with E-state index in [1.807, 2.05) is 97.1 Å². The first-order chi connectivity index (χ1) is 27.5. The molecule has 0 aromatic heterocycles. The van der Waals surface area contributed by atoms with Crippen molar-refractivity contribution in [3.05, 3.63) is 197 Å². The van der Waals surface area contributed by atoms with E-state index in [9.17, 15) is 14.4 Å². The highest BCUT2D eigenvalue weighted by atomic mass is 16.5. The minimum Gasteiger partial charge on any atom is -0.489 e. The molecule has 8 nitrogen and oxygen atoms in total. The Morgan fingerprint density at radius 1 is 0.518 bits per heavy atom. The molecule has 1 fully saturated rings. The van der Waals surface area contributed by atoms with Crippen LogP contribution in [0.15, 0.2) is 158 Å². The molecule has 0 radical (unpaired) electrons. The third-order valence-corrected chi connectivity index (χ3v) is 9.68. The van der Waals surface area contributed by atoms with Crippen molar-refractivity contribution in [1.82, 2.24) is 5.32 Å². The predicted molar refractivity (Wildman–Crippen MR) is 214 cm³/mol. The Balaban J connectivity index is 1.11. The van der Waals surface area contributed by atoms with Gasteiger partial charge in [-0.05, 0) is 72.4 Å². The van der Waals surface area contributed by atoms with Gasteiger partial charge in [0, 0.05) is 11.1 Å². The number of hydrogen-bond acceptors (Lipinski definition) is 7. The van der Waals surface area contributed by atoms with Crippen molar-refractivity contribution < 1.29 is 33.3 Å². The van der Waals surface area contributed by atoms with Gasteiger partial charge in [0.2, 0.25) is 5.78 Å². The molecule has 8 heteroatoms. The van der Waals surface area contributed by atoms with Crippen molar-refractivity contribution in [3.8, 4) is 17.2 Å². The number of nitrogens with one attached hydrogen (secondary N) is 1. The van der Waals surface area contributed by atoms with Crippen molar-refractivity contribution in [1.29, 1.82) is 0 Å². The fourth-order valence-electron chi connectivity index (χ4n) is 6.67. The van der Waals surface area contributed by atoms with E-state index in [0.29, 0.717) is 36.3 Å². The van der Waals surface area contributed by atoms with Crippen molar-refractivity contribution >= 4 is 17.7 Å². The molecule has 0 unspecified atom stereocenters. The highest BCUT2D eigenvalue weighted by molar-refractivity contribution is 6.13. The molecule has 56 heavy (non-hydrogen) atoms. The lowest BCUT2D eigenvalue weighted by Crippen LogP contribution is -2.47. The fraction of sp³-hybridized carbons (Fsp3) is 0.188. The molecule has 6 aromatic rings. The van der Waals surface area contributed by atoms with Gasteiger partial charge in [-0.2, -0.15) is 0 Å². The number of benzene rings is 6. The first kappa shape index (κ1) is 37.6. The first-order valence-electron chi connectivity index (χ1n) is 18.9. The Morgan fingerprint density at radius 2 is 1.00 bits per heavy atom. The quantitative estimate of drug-likeness (QED) is 0.0826. The molecule has 7 rings (SSSR count). The lowest BCUT2D eigenvalue weighted by Gasteiger charge is -2.32. The highest BCUT2D eigenvalue weighted by Crippen LogP contribution is 2.35. The Hall–Kier alpha value is -6.67. The molecule has 1 saturated carbocycles. The van der Waals surface area contributed by atoms with Gasteiger partial charge in [0.1, 0.15) is 48.7 Å². The molecule has 0 spiro atoms. The summed E-state index contributed by atoms with van der Waals surface area (Å²) in [6.45, 7) is 0.738. The monoisotopic (exact) mass is 745 g/mol. The SMILES string of the molecule is O=C(N[C@@H]1CCCC[C@H]1OC(=O)c1cc(OCc2ccccc2)c(C(=O)c2ccccc2)c(OCc2ccccc2)c1)c1ccc(OCc2ccccc2)cc1. The lowest BCUT2D eigenvalue weighted by molar-refractivity contribution is 0.00995. The average Bonchev–Trinajstić information content (AvgIpc) is 3.26. The number of rotatable bonds is 15. The molecular weight excluding hydrogens is 703 g/mol. The van der Waals surface area contributed by atoms with E-state index in [0.717, 1.165) is 29.5 Å². The van der Waals surface area contributed by atoms with Crippen molar-refractivity contribution in [2.24, 2.45) is 0 Å². The van der Waals surface area contributed by atoms with E-state index in [1.165, 1.54) is 0 Å². The van der Waals surface area contributed by atoms with E-state index in [1.54, 1.807) is 60.7 Å². The summed E-state index contributed by atoms with van der Waals surface area (Å²) in [6.07, 6.45) is 2.41. The van der Waals surface area contributed by atoms with Crippen LogP contribution >= 0.6 is 0 Å². The Bertz CT molecular complexity index is 2150. The van der Waals surface area contributed by atoms with E-state index in [2.05, 4.69) is 5.32 Å². The van der Waals surface area contributed by atoms with Gasteiger partial charge >= 0.3 is 5.97 Å². The van der Waals surface area contributed by atoms with Gasteiger partial charge in [-0.3, -0.25) is 9.59 Å². The maximum Gasteiger partial charge on any atom is 0.338 e. The summed E-state index contributed by atoms with van der Waals surface area (Å²) in [5.41, 5.74) is 4.14. The van der Waals surface area contributed by atoms with E-state index >= 15 is 0 Å². The van der Waals surface area contributed by atoms with Crippen molar-refractivity contribution in [3.63, 3.8) is 0 Å². The third kappa shape index (κ3) is 9.89. The summed E-state index contributed by atoms with van der Waals surface area (Å²) in [6, 6.07) is 47.7. The van der Waals surface area contributed by atoms with Crippen LogP contribution in [0.25, 0.3) is 0 Å². The van der Waals surface area contributed by atoms with Crippen LogP contribution < -0.4 is 19.5 Å². The number of carbonyl (C=O) groups excluding carboxylic acids is 3. The van der Waals surface area contributed by atoms with E-state index < -0.39 is 18.1 Å². The number of ketones is 1. The predicted octanol–water partition coefficient (Wildman–Crippen LogP) is 9.55. The molecule has 1 aliphatic rings. The molecule has 1 aliphatic carbocycles. The summed E-state index contributed by atoms with van der Waals surface area (Å²) in [7, 11) is 0. The average molecular weight is 746 g/mol. The summed E-state index contributed by atoms with van der Waals surface area (Å²) in [5.74, 6) is -0.115. The zero-order chi connectivity index (χ0) is 38.5. The lowest BCUT2D eigenvalue weighted by atomic mass is 9.92. The van der Waals surface area contributed by atoms with Crippen molar-refractivity contribution in [2.45, 2.75) is 57.6 Å². The molecule has 2 atom stereocenters. The Kier molecular flexibility index (Phi) is 12.5. The molecule has 282 valence electrons. The van der Waals surface area contributed by atoms with Crippen LogP contribution in [0.2, 0.25) is 0 Å². The van der Waals surface area contributed by atoms with Crippen LogP contribution in [0.5, 0.6) is 17.2 Å². The molecule has 0 saturated heterocycles. The number of hydrogen-bond donors (Lipinski definition) is 1. The number of esters is 1. The topological polar surface area (TPSA) is 100 Å². The fourth-order valence-corrected chi connectivity index (χ4v) is 6.67. The van der Waals surface area contributed by atoms with Crippen LogP contribution in [0.3, 0.4) is 0 Å². The van der Waals surface area contributed by atoms with Gasteiger partial charge in [0.25, 0.3) is 5.91 Å². The van der Waals surface area contributed by atoms with Gasteiger partial charge in [-0.15, -0.1) is 0 Å². The summed E-state index contributed by atoms with van der Waals surface area (Å²) in [5, 5.41) is 3.11. The smallest absolute Gasteiger partial charge is 0.338 e. The molecular formula is C48H43NO7. The second-order valence-corrected chi connectivity index (χ2v) is 13.7. The molecule has 6 aromatic carbocycles. The molecule has 0 heterocycles. The normalized spacial score (nSPS) is 14.9. The van der Waals surface area contributed by atoms with Gasteiger partial charge < -0.3 is 24.3 Å². The van der Waals surface area contributed by atoms with Crippen LogP contribution in [-0.4, -0.2) is 29.8 Å². The van der Waals surface area contributed by atoms with Crippen LogP contribution in [0.1, 0.15) is 79.0 Å². The van der Waals surface area contributed by atoms with E-state index in [4.69, 9.17) is 18.9 Å². The molecule has 0 bridgehead atoms. The molecule has 1 amide bonds. The molecule has 1 N–H and O–H groups in total. The maximum absolute atomic E-state index is 14.2. The van der Waals surface area contributed by atoms with Gasteiger partial charge in [-0.25, -0.2) is 4.79 Å². The largest absolute Gasteiger partial charge is 0.489 e. The molecule has 0 aliphatic heterocycles. The second-order valence-electron chi connectivity index (χ2n) is 13.7. The first-order valence-corrected chi connectivity index (χ1v) is 18.9. The Labute approximate surface area is 327 Å². The highest BCUT2D eigenvalue weighted by Gasteiger charge is 2.32. The zero-order valence-electron chi connectivity index (χ0n) is 31.0. The van der Waals surface area contributed by atoms with Gasteiger partial charge in [0.15, 0.2) is 0 Å². The third-order valence-electron chi connectivity index (χ3n) is 9.68. The van der Waals surface area contributed by atoms with Gasteiger partial charge in [-0.1, -0.05) is 128 Å². The summed E-state index contributed by atoms with van der Waals surface area (Å²) < 4.78 is 24.7. The summed E-state index contributed by atoms with van der Waals surface area (Å²) >= 11 is 0. The maximum atomic E-state index is 14.2. The van der Waals surface area contributed by atoms with Crippen LogP contribution in [0.4, 0.5) is 0 Å². The van der Waals surface area contributed by atoms with Crippen molar-refractivity contribution in [2.75, 3.05) is 0 Å². The number of amides is 1. The zero-order valence-corrected chi connectivity index (χ0v) is 31.0. The van der Waals surface area contributed by atoms with Crippen LogP contribution in [-0.2, 0) is 24.6 Å². The van der Waals surface area contributed by atoms with Crippen LogP contribution in [0, 0.1) is 0 Å². The standard InChI is InChI=1S/C48H43NO7/c50-46(37-21-11-4-12-22-37)45-43(54-32-35-17-7-2-8-18-35)29-39(30-44(45)55-33-36-19-9-3-10-20-36)48(52)56-42-24-14-13-23-41(42)49-47(51)38-25-27-40(28-26-38)53-31-34-15-5-1-6-16-34/h1-12,15-22,25-30,41-42H,13-14,23-24,31-33H2,(H,49,51)/t41-,42-/m1/s1.